The molecule has 1 aliphatic carbocycles. The molecule has 352 valence electrons. The van der Waals surface area contributed by atoms with Crippen molar-refractivity contribution in [2.75, 3.05) is 38.0 Å². The summed E-state index contributed by atoms with van der Waals surface area (Å²) in [5, 5.41) is 7.07. The van der Waals surface area contributed by atoms with Crippen LogP contribution in [0.25, 0.3) is 10.2 Å². The van der Waals surface area contributed by atoms with E-state index in [9.17, 15) is 9.59 Å². The van der Waals surface area contributed by atoms with Gasteiger partial charge in [0.25, 0.3) is 0 Å². The Balaban J connectivity index is 1.36. The van der Waals surface area contributed by atoms with Gasteiger partial charge in [-0.2, -0.15) is 22.7 Å². The molecule has 0 amide bonds. The number of carbonyl (C=O) groups excluding carboxylic acids is 2. The molecule has 1 aliphatic rings. The number of carbonyl (C=O) groups is 2. The third-order valence-electron chi connectivity index (χ3n) is 10.6. The average molecular weight is 926 g/mol. The summed E-state index contributed by atoms with van der Waals surface area (Å²) in [5.41, 5.74) is 1.49. The minimum absolute atomic E-state index is 0.0164. The first kappa shape index (κ1) is 50.5. The summed E-state index contributed by atoms with van der Waals surface area (Å²) in [4.78, 5) is 27.4. The number of ether oxygens (including phenoxy) is 6. The van der Waals surface area contributed by atoms with Crippen LogP contribution < -0.4 is 19.2 Å². The molecule has 0 radical (unpaired) electrons. The number of halogens is 4. The minimum Gasteiger partial charge on any atom is -0.493 e. The molecule has 0 spiro atoms. The molecule has 65 heavy (non-hydrogen) atoms. The van der Waals surface area contributed by atoms with Crippen LogP contribution in [0.15, 0.2) is 91.1 Å². The molecule has 11 nitrogen and oxygen atoms in total. The van der Waals surface area contributed by atoms with Crippen LogP contribution in [-0.2, 0) is 36.3 Å². The molecule has 0 saturated heterocycles. The van der Waals surface area contributed by atoms with Gasteiger partial charge >= 0.3 is 24.2 Å². The van der Waals surface area contributed by atoms with Crippen molar-refractivity contribution < 1.29 is 55.6 Å². The predicted molar refractivity (Wildman–Crippen MR) is 244 cm³/mol. The van der Waals surface area contributed by atoms with Gasteiger partial charge < -0.3 is 28.4 Å². The maximum Gasteiger partial charge on any atom is 0.426 e. The van der Waals surface area contributed by atoms with Crippen molar-refractivity contribution in [3.8, 4) is 17.2 Å². The monoisotopic (exact) mass is 925 g/mol. The van der Waals surface area contributed by atoms with Crippen LogP contribution in [-0.4, -0.2) is 68.3 Å². The highest BCUT2D eigenvalue weighted by Crippen LogP contribution is 2.41. The molecule has 16 heteroatoms. The van der Waals surface area contributed by atoms with Gasteiger partial charge in [0.05, 0.1) is 60.4 Å². The molecule has 1 aromatic heterocycles. The van der Waals surface area contributed by atoms with E-state index < -0.39 is 35.6 Å². The summed E-state index contributed by atoms with van der Waals surface area (Å²) in [6.45, 7) is 12.1. The number of hydrogen-bond acceptors (Lipinski definition) is 12. The van der Waals surface area contributed by atoms with Gasteiger partial charge in [0.15, 0.2) is 0 Å². The van der Waals surface area contributed by atoms with E-state index in [-0.39, 0.29) is 55.8 Å². The molecule has 1 fully saturated rings. The molecule has 0 aliphatic heterocycles. The fraction of sp³-hybridized carbons (Fsp3) is 0.469. The Morgan fingerprint density at radius 1 is 0.815 bits per heavy atom. The van der Waals surface area contributed by atoms with E-state index in [0.29, 0.717) is 49.7 Å². The van der Waals surface area contributed by atoms with E-state index in [2.05, 4.69) is 33.1 Å². The Hall–Kier alpha value is -5.48. The van der Waals surface area contributed by atoms with Crippen molar-refractivity contribution >= 4 is 44.8 Å². The Bertz CT molecular complexity index is 2180. The number of rotatable bonds is 28. The molecule has 1 saturated carbocycles. The van der Waals surface area contributed by atoms with Crippen LogP contribution in [0.4, 0.5) is 22.7 Å². The molecule has 3 aromatic carbocycles. The molecule has 4 aromatic rings. The third-order valence-corrected chi connectivity index (χ3v) is 11.7. The van der Waals surface area contributed by atoms with Crippen molar-refractivity contribution in [3.05, 3.63) is 103 Å². The lowest BCUT2D eigenvalue weighted by Gasteiger charge is -2.33. The fourth-order valence-corrected chi connectivity index (χ4v) is 8.15. The number of hydrogen-bond donors (Lipinski definition) is 0. The zero-order valence-electron chi connectivity index (χ0n) is 37.1. The maximum atomic E-state index is 16.0. The second-order valence-corrected chi connectivity index (χ2v) is 16.6. The number of para-hydroxylation sites is 1. The van der Waals surface area contributed by atoms with Crippen molar-refractivity contribution in [1.29, 1.82) is 0 Å². The molecule has 1 heterocycles. The molecule has 0 atom stereocenters. The first-order valence-electron chi connectivity index (χ1n) is 22.3. The number of thiazole rings is 1. The van der Waals surface area contributed by atoms with Crippen LogP contribution in [0, 0.1) is 5.92 Å². The summed E-state index contributed by atoms with van der Waals surface area (Å²) in [6, 6.07) is 14.7. The Labute approximate surface area is 382 Å². The van der Waals surface area contributed by atoms with Gasteiger partial charge in [0.1, 0.15) is 17.2 Å². The maximum absolute atomic E-state index is 16.0. The number of alkyl halides is 4. The van der Waals surface area contributed by atoms with E-state index in [0.717, 1.165) is 78.6 Å². The Kier molecular flexibility index (Phi) is 19.6. The van der Waals surface area contributed by atoms with Gasteiger partial charge in [-0.15, -0.1) is 0 Å². The van der Waals surface area contributed by atoms with E-state index in [4.69, 9.17) is 38.5 Å². The van der Waals surface area contributed by atoms with Gasteiger partial charge in [-0.25, -0.2) is 19.6 Å². The second kappa shape index (κ2) is 25.3. The van der Waals surface area contributed by atoms with Crippen molar-refractivity contribution in [3.63, 3.8) is 0 Å². The van der Waals surface area contributed by atoms with E-state index in [1.165, 1.54) is 47.9 Å². The Morgan fingerprint density at radius 2 is 1.51 bits per heavy atom. The molecule has 5 rings (SSSR count). The largest absolute Gasteiger partial charge is 0.493 e. The van der Waals surface area contributed by atoms with Crippen molar-refractivity contribution in [2.24, 2.45) is 11.0 Å². The standard InChI is InChI=1S/C49H59F4N3O8S/c1-5-9-10-11-28-56(47-55-46-35(15-6-2)16-12-17-43(46)65-47)54-34-36-33-41(63-48(50,51)37-18-22-39(23-19-37)59-29-13-31-61-44(57)7-3)26-27-42(36)64-49(52,53)38-20-24-40(25-21-38)60-30-14-32-62-45(58)8-4/h7-8,12,16-17,20-21,24-27,33-34,37,39H,3-6,9-11,13-15,18-19,22-23,28-32H2,1-2H3/b54-34+. The summed E-state index contributed by atoms with van der Waals surface area (Å²) < 4.78 is 96.8. The van der Waals surface area contributed by atoms with E-state index in [1.807, 2.05) is 12.1 Å². The zero-order chi connectivity index (χ0) is 46.7. The summed E-state index contributed by atoms with van der Waals surface area (Å²) in [5.74, 6) is -2.45. The smallest absolute Gasteiger partial charge is 0.426 e. The highest BCUT2D eigenvalue weighted by atomic mass is 32.1. The number of anilines is 1. The minimum atomic E-state index is -3.87. The molecule has 0 N–H and O–H groups in total. The van der Waals surface area contributed by atoms with Crippen molar-refractivity contribution in [1.82, 2.24) is 4.98 Å². The van der Waals surface area contributed by atoms with Crippen LogP contribution in [0.2, 0.25) is 0 Å². The number of fused-ring (bicyclic) bond motifs is 1. The first-order valence-corrected chi connectivity index (χ1v) is 23.1. The van der Waals surface area contributed by atoms with Gasteiger partial charge in [-0.3, -0.25) is 0 Å². The zero-order valence-corrected chi connectivity index (χ0v) is 37.9. The number of aromatic nitrogens is 1. The topological polar surface area (TPSA) is 118 Å². The summed E-state index contributed by atoms with van der Waals surface area (Å²) >= 11 is 1.46. The highest BCUT2D eigenvalue weighted by molar-refractivity contribution is 7.22. The lowest BCUT2D eigenvalue weighted by molar-refractivity contribution is -0.226. The normalized spacial score (nSPS) is 15.4. The van der Waals surface area contributed by atoms with Gasteiger partial charge in [0, 0.05) is 37.1 Å². The SMILES string of the molecule is C=CC(=O)OCCCOc1ccc(C(F)(F)Oc2ccc(OC(F)(F)C3CCC(OCCCOC(=O)C=C)CC3)cc2/C=N/N(CCCCCC)c2nc3c(CCC)cccc3s2)cc1. The summed E-state index contributed by atoms with van der Waals surface area (Å²) in [6.07, 6.45) is 3.19. The number of aryl methyl sites for hydroxylation is 1. The lowest BCUT2D eigenvalue weighted by Crippen LogP contribution is -2.38. The van der Waals surface area contributed by atoms with Gasteiger partial charge in [0.2, 0.25) is 5.13 Å². The average Bonchev–Trinajstić information content (AvgIpc) is 3.74. The lowest BCUT2D eigenvalue weighted by atomic mass is 9.86. The molecular formula is C49H59F4N3O8S. The van der Waals surface area contributed by atoms with E-state index >= 15 is 17.6 Å². The molecule has 0 unspecified atom stereocenters. The summed E-state index contributed by atoms with van der Waals surface area (Å²) in [7, 11) is 0. The fourth-order valence-electron chi connectivity index (χ4n) is 7.15. The van der Waals surface area contributed by atoms with E-state index in [1.54, 1.807) is 5.01 Å². The predicted octanol–water partition coefficient (Wildman–Crippen LogP) is 12.0. The van der Waals surface area contributed by atoms with Crippen LogP contribution in [0.5, 0.6) is 17.2 Å². The number of benzene rings is 3. The van der Waals surface area contributed by atoms with Crippen LogP contribution >= 0.6 is 11.3 Å². The molecule has 0 bridgehead atoms. The molecular weight excluding hydrogens is 867 g/mol. The second-order valence-electron chi connectivity index (χ2n) is 15.6. The number of esters is 2. The quantitative estimate of drug-likeness (QED) is 0.0136. The Morgan fingerprint density at radius 3 is 2.18 bits per heavy atom. The number of unbranched alkanes of at least 4 members (excludes halogenated alkanes) is 3. The third kappa shape index (κ3) is 15.6. The van der Waals surface area contributed by atoms with Gasteiger partial charge in [-0.1, -0.05) is 76.2 Å². The first-order chi connectivity index (χ1) is 31.3. The number of nitrogens with zero attached hydrogens (tertiary/aromatic N) is 3. The number of hydrazone groups is 1. The van der Waals surface area contributed by atoms with Crippen LogP contribution in [0.3, 0.4) is 0 Å². The highest BCUT2D eigenvalue weighted by Gasteiger charge is 2.44. The van der Waals surface area contributed by atoms with Crippen molar-refractivity contribution in [2.45, 2.75) is 109 Å². The van der Waals surface area contributed by atoms with Crippen LogP contribution in [0.1, 0.15) is 101 Å². The van der Waals surface area contributed by atoms with Gasteiger partial charge in [-0.05, 0) is 92.6 Å².